The molecule has 0 aliphatic heterocycles. The quantitative estimate of drug-likeness (QED) is 0.868. The molecule has 0 atom stereocenters. The number of anilines is 1. The minimum absolute atomic E-state index is 0.398. The van der Waals surface area contributed by atoms with Crippen LogP contribution in [0.25, 0.3) is 0 Å². The molecule has 0 unspecified atom stereocenters. The lowest BCUT2D eigenvalue weighted by atomic mass is 10.3. The van der Waals surface area contributed by atoms with E-state index in [0.717, 1.165) is 12.8 Å². The maximum absolute atomic E-state index is 11.8. The Morgan fingerprint density at radius 1 is 1.21 bits per heavy atom. The van der Waals surface area contributed by atoms with Gasteiger partial charge in [-0.15, -0.1) is 0 Å². The summed E-state index contributed by atoms with van der Waals surface area (Å²) < 4.78 is 0. The normalized spacial score (nSPS) is 10.1. The van der Waals surface area contributed by atoms with E-state index in [1.54, 1.807) is 13.1 Å². The van der Waals surface area contributed by atoms with Crippen LogP contribution in [0, 0.1) is 0 Å². The van der Waals surface area contributed by atoms with Crippen LogP contribution in [0.4, 0.5) is 5.69 Å². The summed E-state index contributed by atoms with van der Waals surface area (Å²) in [6, 6.07) is 4.61. The van der Waals surface area contributed by atoms with Gasteiger partial charge in [0.05, 0.1) is 0 Å². The van der Waals surface area contributed by atoms with Gasteiger partial charge in [-0.05, 0) is 24.6 Å². The van der Waals surface area contributed by atoms with E-state index in [1.807, 2.05) is 6.92 Å². The molecule has 0 saturated heterocycles. The molecule has 1 aromatic carbocycles. The maximum atomic E-state index is 11.8. The van der Waals surface area contributed by atoms with Gasteiger partial charge in [0.15, 0.2) is 0 Å². The molecule has 0 aliphatic carbocycles. The van der Waals surface area contributed by atoms with Crippen LogP contribution in [0.2, 0.25) is 10.0 Å². The smallest absolute Gasteiger partial charge is 0.313 e. The van der Waals surface area contributed by atoms with Gasteiger partial charge in [-0.1, -0.05) is 36.5 Å². The fourth-order valence-corrected chi connectivity index (χ4v) is 2.01. The predicted molar refractivity (Wildman–Crippen MR) is 77.6 cm³/mol. The Kier molecular flexibility index (Phi) is 6.12. The van der Waals surface area contributed by atoms with Crippen molar-refractivity contribution in [1.29, 1.82) is 0 Å². The van der Waals surface area contributed by atoms with Crippen LogP contribution in [0.1, 0.15) is 19.8 Å². The first-order valence-electron chi connectivity index (χ1n) is 5.96. The second-order valence-electron chi connectivity index (χ2n) is 4.19. The van der Waals surface area contributed by atoms with E-state index in [-0.39, 0.29) is 0 Å². The number of hydrogen-bond donors (Lipinski definition) is 1. The highest BCUT2D eigenvalue weighted by molar-refractivity contribution is 6.40. The molecule has 0 radical (unpaired) electrons. The summed E-state index contributed by atoms with van der Waals surface area (Å²) in [5.74, 6) is -1.28. The Morgan fingerprint density at radius 3 is 2.32 bits per heavy atom. The van der Waals surface area contributed by atoms with E-state index >= 15 is 0 Å². The molecule has 0 fully saturated rings. The topological polar surface area (TPSA) is 49.4 Å². The summed E-state index contributed by atoms with van der Waals surface area (Å²) >= 11 is 11.6. The Labute approximate surface area is 122 Å². The van der Waals surface area contributed by atoms with Gasteiger partial charge in [-0.2, -0.15) is 0 Å². The van der Waals surface area contributed by atoms with Crippen molar-refractivity contribution in [3.05, 3.63) is 28.2 Å². The van der Waals surface area contributed by atoms with Gasteiger partial charge in [0.25, 0.3) is 0 Å². The molecule has 0 aliphatic rings. The molecule has 1 N–H and O–H groups in total. The third-order valence-electron chi connectivity index (χ3n) is 2.51. The molecule has 104 valence electrons. The van der Waals surface area contributed by atoms with E-state index in [9.17, 15) is 9.59 Å². The first-order chi connectivity index (χ1) is 8.93. The zero-order chi connectivity index (χ0) is 14.4. The minimum Gasteiger partial charge on any atom is -0.338 e. The molecule has 4 nitrogen and oxygen atoms in total. The third kappa shape index (κ3) is 5.09. The zero-order valence-corrected chi connectivity index (χ0v) is 12.4. The van der Waals surface area contributed by atoms with Gasteiger partial charge in [0, 0.05) is 29.3 Å². The Morgan fingerprint density at radius 2 is 1.79 bits per heavy atom. The molecule has 19 heavy (non-hydrogen) atoms. The molecule has 0 spiro atoms. The van der Waals surface area contributed by atoms with Crippen molar-refractivity contribution in [2.75, 3.05) is 18.9 Å². The van der Waals surface area contributed by atoms with E-state index < -0.39 is 11.8 Å². The zero-order valence-electron chi connectivity index (χ0n) is 10.9. The SMILES string of the molecule is CCCCN(C)C(=O)C(=O)Nc1cc(Cl)cc(Cl)c1. The van der Waals surface area contributed by atoms with E-state index in [4.69, 9.17) is 23.2 Å². The molecule has 0 heterocycles. The molecule has 2 amide bonds. The van der Waals surface area contributed by atoms with E-state index in [2.05, 4.69) is 5.32 Å². The van der Waals surface area contributed by atoms with Crippen molar-refractivity contribution in [3.8, 4) is 0 Å². The summed E-state index contributed by atoms with van der Waals surface area (Å²) in [7, 11) is 1.60. The molecular weight excluding hydrogens is 287 g/mol. The van der Waals surface area contributed by atoms with Gasteiger partial charge in [-0.25, -0.2) is 0 Å². The largest absolute Gasteiger partial charge is 0.338 e. The van der Waals surface area contributed by atoms with Crippen LogP contribution in [0.5, 0.6) is 0 Å². The number of rotatable bonds is 4. The van der Waals surface area contributed by atoms with Gasteiger partial charge < -0.3 is 10.2 Å². The number of nitrogens with one attached hydrogen (secondary N) is 1. The average Bonchev–Trinajstić information content (AvgIpc) is 2.33. The fraction of sp³-hybridized carbons (Fsp3) is 0.385. The molecule has 1 rings (SSSR count). The minimum atomic E-state index is -0.697. The predicted octanol–water partition coefficient (Wildman–Crippen LogP) is 3.19. The summed E-state index contributed by atoms with van der Waals surface area (Å²) in [6.45, 7) is 2.57. The van der Waals surface area contributed by atoms with Crippen LogP contribution < -0.4 is 5.32 Å². The van der Waals surface area contributed by atoms with Gasteiger partial charge >= 0.3 is 11.8 Å². The highest BCUT2D eigenvalue weighted by Crippen LogP contribution is 2.22. The lowest BCUT2D eigenvalue weighted by molar-refractivity contribution is -0.142. The summed E-state index contributed by atoms with van der Waals surface area (Å²) in [4.78, 5) is 24.9. The molecule has 6 heteroatoms. The summed E-state index contributed by atoms with van der Waals surface area (Å²) in [5.41, 5.74) is 0.403. The Hall–Kier alpha value is -1.26. The van der Waals surface area contributed by atoms with Crippen LogP contribution in [-0.4, -0.2) is 30.3 Å². The van der Waals surface area contributed by atoms with Crippen LogP contribution >= 0.6 is 23.2 Å². The average molecular weight is 303 g/mol. The summed E-state index contributed by atoms with van der Waals surface area (Å²) in [5, 5.41) is 3.28. The Bertz CT molecular complexity index is 457. The van der Waals surface area contributed by atoms with Crippen LogP contribution in [0.15, 0.2) is 18.2 Å². The Balaban J connectivity index is 2.65. The van der Waals surface area contributed by atoms with Gasteiger partial charge in [0.1, 0.15) is 0 Å². The number of likely N-dealkylation sites (N-methyl/N-ethyl adjacent to an activating group) is 1. The molecule has 1 aromatic rings. The van der Waals surface area contributed by atoms with E-state index in [1.165, 1.54) is 17.0 Å². The van der Waals surface area contributed by atoms with Crippen molar-refractivity contribution in [3.63, 3.8) is 0 Å². The second kappa shape index (κ2) is 7.36. The number of hydrogen-bond acceptors (Lipinski definition) is 2. The number of carbonyl (C=O) groups is 2. The van der Waals surface area contributed by atoms with Crippen LogP contribution in [-0.2, 0) is 9.59 Å². The lowest BCUT2D eigenvalue weighted by Crippen LogP contribution is -2.37. The fourth-order valence-electron chi connectivity index (χ4n) is 1.48. The maximum Gasteiger partial charge on any atom is 0.313 e. The van der Waals surface area contributed by atoms with Crippen molar-refractivity contribution in [1.82, 2.24) is 4.90 Å². The molecule has 0 bridgehead atoms. The third-order valence-corrected chi connectivity index (χ3v) is 2.94. The highest BCUT2D eigenvalue weighted by atomic mass is 35.5. The molecular formula is C13H16Cl2N2O2. The molecule has 0 aromatic heterocycles. The monoisotopic (exact) mass is 302 g/mol. The van der Waals surface area contributed by atoms with Gasteiger partial charge in [0.2, 0.25) is 0 Å². The number of nitrogens with zero attached hydrogens (tertiary/aromatic N) is 1. The second-order valence-corrected chi connectivity index (χ2v) is 5.07. The first-order valence-corrected chi connectivity index (χ1v) is 6.72. The number of unbranched alkanes of at least 4 members (excludes halogenated alkanes) is 1. The number of carbonyl (C=O) groups excluding carboxylic acids is 2. The standard InChI is InChI=1S/C13H16Cl2N2O2/c1-3-4-5-17(2)13(19)12(18)16-11-7-9(14)6-10(15)8-11/h6-8H,3-5H2,1-2H3,(H,16,18). The van der Waals surface area contributed by atoms with Crippen molar-refractivity contribution in [2.45, 2.75) is 19.8 Å². The lowest BCUT2D eigenvalue weighted by Gasteiger charge is -2.16. The number of benzene rings is 1. The van der Waals surface area contributed by atoms with E-state index in [0.29, 0.717) is 22.3 Å². The highest BCUT2D eigenvalue weighted by Gasteiger charge is 2.18. The first kappa shape index (κ1) is 15.8. The van der Waals surface area contributed by atoms with Crippen molar-refractivity contribution in [2.24, 2.45) is 0 Å². The van der Waals surface area contributed by atoms with Crippen molar-refractivity contribution >= 4 is 40.7 Å². The number of amides is 2. The van der Waals surface area contributed by atoms with Crippen molar-refractivity contribution < 1.29 is 9.59 Å². The number of halogens is 2. The summed E-state index contributed by atoms with van der Waals surface area (Å²) in [6.07, 6.45) is 1.82. The van der Waals surface area contributed by atoms with Crippen LogP contribution in [0.3, 0.4) is 0 Å². The molecule has 0 saturated carbocycles. The van der Waals surface area contributed by atoms with Gasteiger partial charge in [-0.3, -0.25) is 9.59 Å².